The summed E-state index contributed by atoms with van der Waals surface area (Å²) in [5.41, 5.74) is 3.49. The molecule has 6 nitrogen and oxygen atoms in total. The maximum absolute atomic E-state index is 12.8. The van der Waals surface area contributed by atoms with Gasteiger partial charge < -0.3 is 4.57 Å². The minimum Gasteiger partial charge on any atom is -0.333 e. The minimum atomic E-state index is -1.32. The summed E-state index contributed by atoms with van der Waals surface area (Å²) in [6, 6.07) is 8.80. The molecule has 0 aliphatic heterocycles. The summed E-state index contributed by atoms with van der Waals surface area (Å²) in [6.45, 7) is 6.83. The third-order valence-electron chi connectivity index (χ3n) is 6.59. The summed E-state index contributed by atoms with van der Waals surface area (Å²) >= 11 is 0. The summed E-state index contributed by atoms with van der Waals surface area (Å²) < 4.78 is 20.2. The minimum absolute atomic E-state index is 0.228. The number of nitrogens with zero attached hydrogens (tertiary/aromatic N) is 4. The quantitative estimate of drug-likeness (QED) is 0.534. The van der Waals surface area contributed by atoms with Crippen LogP contribution in [0.4, 0.5) is 0 Å². The lowest BCUT2D eigenvalue weighted by Gasteiger charge is -2.12. The van der Waals surface area contributed by atoms with Gasteiger partial charge in [-0.25, -0.2) is 13.5 Å². The standard InChI is InChI=1S/C25H28N5OS/c1-4-17-7-10-23-21(11-17)22(12-26)24(30(23)14-18-5-6-18)25-27-13-20(15-29(25)3)32(31)28-16(2)19-8-9-19/h4,7,10-11,13,15-16,18-19,28H,1,5-6,8-9,14H2,2-3H3/q+1. The van der Waals surface area contributed by atoms with Gasteiger partial charge in [-0.1, -0.05) is 18.7 Å². The number of hydrogen-bond acceptors (Lipinski definition) is 3. The van der Waals surface area contributed by atoms with E-state index in [4.69, 9.17) is 4.98 Å². The SMILES string of the molecule is C=Cc1ccc2c(c1)c(C#N)c(-c1ncc(S(=O)NC(C)C3CC3)c[n+]1C)n2CC1CC1. The fourth-order valence-electron chi connectivity index (χ4n) is 4.35. The molecule has 0 spiro atoms. The van der Waals surface area contributed by atoms with Crippen molar-refractivity contribution in [2.45, 2.75) is 50.1 Å². The van der Waals surface area contributed by atoms with Gasteiger partial charge in [0, 0.05) is 18.0 Å². The molecule has 0 bridgehead atoms. The first-order valence-corrected chi connectivity index (χ1v) is 12.4. The average molecular weight is 447 g/mol. The predicted octanol–water partition coefficient (Wildman–Crippen LogP) is 3.86. The van der Waals surface area contributed by atoms with Crippen LogP contribution in [-0.2, 0) is 24.6 Å². The van der Waals surface area contributed by atoms with Crippen molar-refractivity contribution in [2.75, 3.05) is 0 Å². The van der Waals surface area contributed by atoms with Crippen LogP contribution in [0.1, 0.15) is 43.7 Å². The molecule has 2 atom stereocenters. The molecule has 2 fully saturated rings. The molecule has 2 aromatic heterocycles. The number of aromatic nitrogens is 3. The zero-order valence-electron chi connectivity index (χ0n) is 18.5. The first-order valence-electron chi connectivity index (χ1n) is 11.2. The van der Waals surface area contributed by atoms with E-state index in [0.717, 1.165) is 28.7 Å². The largest absolute Gasteiger partial charge is 0.348 e. The first kappa shape index (κ1) is 21.0. The number of benzene rings is 1. The second kappa shape index (κ2) is 8.27. The number of fused-ring (bicyclic) bond motifs is 1. The Balaban J connectivity index is 1.59. The summed E-state index contributed by atoms with van der Waals surface area (Å²) in [5.74, 6) is 1.96. The second-order valence-electron chi connectivity index (χ2n) is 9.11. The molecule has 2 aliphatic carbocycles. The summed E-state index contributed by atoms with van der Waals surface area (Å²) in [6.07, 6.45) is 10.2. The van der Waals surface area contributed by atoms with Gasteiger partial charge in [0.25, 0.3) is 0 Å². The van der Waals surface area contributed by atoms with E-state index in [-0.39, 0.29) is 6.04 Å². The second-order valence-corrected chi connectivity index (χ2v) is 10.4. The normalized spacial score (nSPS) is 17.8. The van der Waals surface area contributed by atoms with Crippen LogP contribution in [0.5, 0.6) is 0 Å². The molecule has 3 aromatic rings. The third-order valence-corrected chi connectivity index (χ3v) is 7.81. The molecule has 5 rings (SSSR count). The van der Waals surface area contributed by atoms with E-state index >= 15 is 0 Å². The summed E-state index contributed by atoms with van der Waals surface area (Å²) in [5, 5.41) is 11.0. The average Bonchev–Trinajstić information content (AvgIpc) is 3.71. The molecule has 0 radical (unpaired) electrons. The molecule has 2 unspecified atom stereocenters. The highest BCUT2D eigenvalue weighted by Crippen LogP contribution is 2.38. The van der Waals surface area contributed by atoms with E-state index < -0.39 is 11.0 Å². The van der Waals surface area contributed by atoms with Gasteiger partial charge in [0.15, 0.2) is 11.9 Å². The van der Waals surface area contributed by atoms with Crippen molar-refractivity contribution in [1.29, 1.82) is 5.26 Å². The molecule has 7 heteroatoms. The number of aryl methyl sites for hydroxylation is 1. The highest BCUT2D eigenvalue weighted by Gasteiger charge is 2.32. The van der Waals surface area contributed by atoms with Crippen molar-refractivity contribution >= 4 is 28.0 Å². The molecule has 164 valence electrons. The Morgan fingerprint density at radius 3 is 2.81 bits per heavy atom. The van der Waals surface area contributed by atoms with E-state index in [1.807, 2.05) is 29.9 Å². The summed E-state index contributed by atoms with van der Waals surface area (Å²) in [4.78, 5) is 5.35. The van der Waals surface area contributed by atoms with Crippen molar-refractivity contribution in [1.82, 2.24) is 14.3 Å². The first-order chi connectivity index (χ1) is 15.5. The Kier molecular flexibility index (Phi) is 5.44. The lowest BCUT2D eigenvalue weighted by Crippen LogP contribution is -2.36. The Labute approximate surface area is 191 Å². The molecule has 32 heavy (non-hydrogen) atoms. The van der Waals surface area contributed by atoms with Crippen LogP contribution in [0.25, 0.3) is 28.5 Å². The smallest absolute Gasteiger partial charge is 0.333 e. The highest BCUT2D eigenvalue weighted by atomic mass is 32.2. The fourth-order valence-corrected chi connectivity index (χ4v) is 5.42. The molecule has 0 amide bonds. The van der Waals surface area contributed by atoms with Crippen LogP contribution >= 0.6 is 0 Å². The van der Waals surface area contributed by atoms with Crippen LogP contribution < -0.4 is 9.29 Å². The molecular weight excluding hydrogens is 418 g/mol. The Bertz CT molecular complexity index is 1280. The van der Waals surface area contributed by atoms with Crippen molar-refractivity contribution in [3.8, 4) is 17.6 Å². The highest BCUT2D eigenvalue weighted by molar-refractivity contribution is 7.83. The number of rotatable bonds is 8. The van der Waals surface area contributed by atoms with E-state index in [1.54, 1.807) is 12.3 Å². The summed E-state index contributed by atoms with van der Waals surface area (Å²) in [7, 11) is 0.590. The Morgan fingerprint density at radius 2 is 2.19 bits per heavy atom. The van der Waals surface area contributed by atoms with Crippen LogP contribution in [0.3, 0.4) is 0 Å². The maximum Gasteiger partial charge on any atom is 0.348 e. The topological polar surface area (TPSA) is 74.6 Å². The Morgan fingerprint density at radius 1 is 1.41 bits per heavy atom. The number of hydrogen-bond donors (Lipinski definition) is 1. The van der Waals surface area contributed by atoms with Crippen LogP contribution in [0.2, 0.25) is 0 Å². The van der Waals surface area contributed by atoms with Crippen molar-refractivity contribution in [3.05, 3.63) is 48.3 Å². The van der Waals surface area contributed by atoms with Crippen LogP contribution in [-0.4, -0.2) is 19.8 Å². The lowest BCUT2D eigenvalue weighted by atomic mass is 10.1. The van der Waals surface area contributed by atoms with Gasteiger partial charge in [-0.2, -0.15) is 5.26 Å². The zero-order chi connectivity index (χ0) is 22.4. The predicted molar refractivity (Wildman–Crippen MR) is 126 cm³/mol. The molecule has 2 saturated carbocycles. The Hall–Kier alpha value is -2.82. The molecule has 2 aliphatic rings. The van der Waals surface area contributed by atoms with Gasteiger partial charge in [-0.15, -0.1) is 0 Å². The van der Waals surface area contributed by atoms with E-state index in [1.165, 1.54) is 25.7 Å². The molecule has 2 heterocycles. The molecular formula is C25H28N5OS+. The van der Waals surface area contributed by atoms with E-state index in [2.05, 4.69) is 34.9 Å². The number of nitrogens with one attached hydrogen (secondary N) is 1. The van der Waals surface area contributed by atoms with E-state index in [9.17, 15) is 9.47 Å². The molecule has 0 saturated heterocycles. The maximum atomic E-state index is 12.8. The molecule has 1 aromatic carbocycles. The third kappa shape index (κ3) is 3.89. The van der Waals surface area contributed by atoms with Gasteiger partial charge in [0.2, 0.25) is 0 Å². The van der Waals surface area contributed by atoms with Crippen LogP contribution in [0, 0.1) is 23.2 Å². The van der Waals surface area contributed by atoms with Gasteiger partial charge in [0.1, 0.15) is 28.1 Å². The van der Waals surface area contributed by atoms with Gasteiger partial charge >= 0.3 is 5.82 Å². The zero-order valence-corrected chi connectivity index (χ0v) is 19.4. The van der Waals surface area contributed by atoms with Gasteiger partial charge in [0.05, 0.1) is 18.1 Å². The monoisotopic (exact) mass is 446 g/mol. The lowest BCUT2D eigenvalue weighted by molar-refractivity contribution is -0.665. The van der Waals surface area contributed by atoms with Crippen molar-refractivity contribution < 1.29 is 8.78 Å². The number of nitriles is 1. The van der Waals surface area contributed by atoms with Gasteiger partial charge in [-0.3, -0.25) is 0 Å². The van der Waals surface area contributed by atoms with Crippen molar-refractivity contribution in [3.63, 3.8) is 0 Å². The fraction of sp³-hybridized carbons (Fsp3) is 0.400. The molecule has 1 N–H and O–H groups in total. The van der Waals surface area contributed by atoms with Crippen molar-refractivity contribution in [2.24, 2.45) is 18.9 Å². The van der Waals surface area contributed by atoms with E-state index in [0.29, 0.717) is 28.1 Å². The van der Waals surface area contributed by atoms with Crippen LogP contribution in [0.15, 0.2) is 42.1 Å². The van der Waals surface area contributed by atoms with Gasteiger partial charge in [-0.05, 0) is 67.1 Å².